The van der Waals surface area contributed by atoms with E-state index < -0.39 is 17.9 Å². The lowest BCUT2D eigenvalue weighted by molar-refractivity contribution is -0.153. The maximum absolute atomic E-state index is 13.5. The van der Waals surface area contributed by atoms with Gasteiger partial charge in [0.2, 0.25) is 5.91 Å². The number of amides is 2. The molecule has 2 amide bonds. The fraction of sp³-hybridized carbons (Fsp3) is 0.500. The maximum Gasteiger partial charge on any atom is 0.310 e. The van der Waals surface area contributed by atoms with E-state index in [1.165, 1.54) is 66.8 Å². The molecule has 1 aromatic carbocycles. The number of nitrogens with zero attached hydrogens (tertiary/aromatic N) is 2. The van der Waals surface area contributed by atoms with E-state index >= 15 is 0 Å². The zero-order valence-corrected chi connectivity index (χ0v) is 29.8. The Balaban J connectivity index is 1.22. The number of rotatable bonds is 11. The van der Waals surface area contributed by atoms with Crippen molar-refractivity contribution in [2.24, 2.45) is 22.7 Å². The third-order valence-electron chi connectivity index (χ3n) is 10.3. The van der Waals surface area contributed by atoms with Gasteiger partial charge in [-0.25, -0.2) is 0 Å². The SMILES string of the molecule is C=C(N=C/C(=C\C)C1=CCC(C2CCCCC2)CC1)c1ccc(C[C@H](NC(=O)c2ccc(C(C)(C)C)s2)C(=O)N2CC(C(=O)O)C2)cc1. The predicted octanol–water partition coefficient (Wildman–Crippen LogP) is 8.22. The Bertz CT molecular complexity index is 1580. The van der Waals surface area contributed by atoms with Crippen LogP contribution >= 0.6 is 11.3 Å². The molecule has 2 heterocycles. The molecule has 1 saturated carbocycles. The summed E-state index contributed by atoms with van der Waals surface area (Å²) in [6.45, 7) is 12.9. The summed E-state index contributed by atoms with van der Waals surface area (Å²) in [5.41, 5.74) is 4.86. The quantitative estimate of drug-likeness (QED) is 0.236. The van der Waals surface area contributed by atoms with Crippen molar-refractivity contribution in [1.82, 2.24) is 10.2 Å². The van der Waals surface area contributed by atoms with Crippen LogP contribution in [0.4, 0.5) is 0 Å². The summed E-state index contributed by atoms with van der Waals surface area (Å²) in [6, 6.07) is 10.7. The van der Waals surface area contributed by atoms with Gasteiger partial charge >= 0.3 is 5.97 Å². The summed E-state index contributed by atoms with van der Waals surface area (Å²) in [4.78, 5) is 46.0. The third-order valence-corrected chi connectivity index (χ3v) is 11.8. The van der Waals surface area contributed by atoms with Crippen LogP contribution in [0.25, 0.3) is 5.70 Å². The van der Waals surface area contributed by atoms with Gasteiger partial charge in [-0.1, -0.05) is 95.9 Å². The number of aliphatic imine (C=N–C) groups is 1. The Morgan fingerprint density at radius 3 is 2.33 bits per heavy atom. The van der Waals surface area contributed by atoms with Crippen molar-refractivity contribution in [2.45, 2.75) is 96.9 Å². The van der Waals surface area contributed by atoms with Crippen LogP contribution < -0.4 is 5.32 Å². The monoisotopic (exact) mass is 669 g/mol. The number of aliphatic carboxylic acids is 1. The van der Waals surface area contributed by atoms with Crippen LogP contribution in [0.5, 0.6) is 0 Å². The molecular formula is C40H51N3O4S. The second kappa shape index (κ2) is 15.6. The molecule has 8 heteroatoms. The number of thiophene rings is 1. The number of hydrogen-bond donors (Lipinski definition) is 2. The highest BCUT2D eigenvalue weighted by molar-refractivity contribution is 7.14. The third kappa shape index (κ3) is 8.81. The summed E-state index contributed by atoms with van der Waals surface area (Å²) in [5, 5.41) is 12.3. The number of carbonyl (C=O) groups excluding carboxylic acids is 2. The van der Waals surface area contributed by atoms with Gasteiger partial charge in [-0.15, -0.1) is 11.3 Å². The Hall–Kier alpha value is -3.78. The minimum absolute atomic E-state index is 0.0863. The van der Waals surface area contributed by atoms with Gasteiger partial charge in [-0.2, -0.15) is 0 Å². The lowest BCUT2D eigenvalue weighted by Gasteiger charge is -2.38. The van der Waals surface area contributed by atoms with Gasteiger partial charge in [-0.3, -0.25) is 19.4 Å². The van der Waals surface area contributed by atoms with Crippen molar-refractivity contribution in [2.75, 3.05) is 13.1 Å². The molecule has 2 fully saturated rings. The van der Waals surface area contributed by atoms with E-state index in [-0.39, 0.29) is 36.7 Å². The Labute approximate surface area is 289 Å². The maximum atomic E-state index is 13.5. The molecule has 2 aliphatic carbocycles. The number of carboxylic acid groups (broad SMARTS) is 1. The van der Waals surface area contributed by atoms with E-state index in [2.05, 4.69) is 51.7 Å². The molecule has 1 aliphatic heterocycles. The molecule has 1 aromatic heterocycles. The van der Waals surface area contributed by atoms with Crippen LogP contribution in [0.2, 0.25) is 0 Å². The summed E-state index contributed by atoms with van der Waals surface area (Å²) in [7, 11) is 0. The van der Waals surface area contributed by atoms with Crippen LogP contribution in [0.15, 0.2) is 71.3 Å². The normalized spacial score (nSPS) is 20.2. The molecule has 5 rings (SSSR count). The number of benzene rings is 1. The lowest BCUT2D eigenvalue weighted by atomic mass is 9.73. The summed E-state index contributed by atoms with van der Waals surface area (Å²) < 4.78 is 0. The molecule has 2 aromatic rings. The van der Waals surface area contributed by atoms with Crippen LogP contribution in [-0.4, -0.2) is 53.1 Å². The first-order valence-electron chi connectivity index (χ1n) is 17.5. The molecule has 2 N–H and O–H groups in total. The fourth-order valence-electron chi connectivity index (χ4n) is 7.11. The van der Waals surface area contributed by atoms with Crippen molar-refractivity contribution in [3.63, 3.8) is 0 Å². The molecule has 0 spiro atoms. The van der Waals surface area contributed by atoms with Crippen molar-refractivity contribution in [3.05, 3.63) is 87.2 Å². The molecule has 2 atom stereocenters. The lowest BCUT2D eigenvalue weighted by Crippen LogP contribution is -2.59. The first-order chi connectivity index (χ1) is 22.9. The summed E-state index contributed by atoms with van der Waals surface area (Å²) in [6.07, 6.45) is 17.3. The Morgan fingerprint density at radius 2 is 1.75 bits per heavy atom. The van der Waals surface area contributed by atoms with Crippen molar-refractivity contribution < 1.29 is 19.5 Å². The van der Waals surface area contributed by atoms with Gasteiger partial charge in [0.05, 0.1) is 16.5 Å². The molecule has 1 unspecified atom stereocenters. The van der Waals surface area contributed by atoms with Crippen molar-refractivity contribution >= 4 is 41.0 Å². The minimum Gasteiger partial charge on any atom is -0.481 e. The molecule has 7 nitrogen and oxygen atoms in total. The van der Waals surface area contributed by atoms with Crippen molar-refractivity contribution in [1.29, 1.82) is 0 Å². The minimum atomic E-state index is -0.910. The molecule has 48 heavy (non-hydrogen) atoms. The van der Waals surface area contributed by atoms with Crippen LogP contribution in [0.3, 0.4) is 0 Å². The first kappa shape index (κ1) is 35.5. The predicted molar refractivity (Wildman–Crippen MR) is 195 cm³/mol. The number of carboxylic acids is 1. The largest absolute Gasteiger partial charge is 0.481 e. The summed E-state index contributed by atoms with van der Waals surface area (Å²) in [5.74, 6) is -0.335. The van der Waals surface area contributed by atoms with E-state index in [0.29, 0.717) is 10.6 Å². The molecular weight excluding hydrogens is 619 g/mol. The molecule has 1 saturated heterocycles. The standard InChI is InChI=1S/C40H51N3O4S/c1-6-28(31-16-18-32(19-17-31)30-10-8-7-9-11-30)23-41-26(2)29-14-12-27(13-15-29)22-34(38(45)43-24-33(25-43)39(46)47)42-37(44)35-20-21-36(48-35)40(3,4)5/h6,12-16,20-21,23,30,32-34H,2,7-11,17-19,22,24-25H2,1,3-5H3,(H,42,44)(H,46,47)/b28-6+,41-23?/t32?,34-/m0/s1. The number of hydrogen-bond acceptors (Lipinski definition) is 5. The van der Waals surface area contributed by atoms with Gasteiger partial charge in [-0.05, 0) is 77.8 Å². The van der Waals surface area contributed by atoms with E-state index in [0.717, 1.165) is 39.8 Å². The fourth-order valence-corrected chi connectivity index (χ4v) is 8.08. The van der Waals surface area contributed by atoms with Crippen LogP contribution in [0.1, 0.15) is 105 Å². The van der Waals surface area contributed by atoms with Crippen LogP contribution in [0, 0.1) is 17.8 Å². The zero-order chi connectivity index (χ0) is 34.4. The van der Waals surface area contributed by atoms with E-state index in [4.69, 9.17) is 4.99 Å². The highest BCUT2D eigenvalue weighted by Gasteiger charge is 2.39. The van der Waals surface area contributed by atoms with E-state index in [1.54, 1.807) is 6.07 Å². The average molecular weight is 670 g/mol. The second-order valence-corrected chi connectivity index (χ2v) is 15.8. The van der Waals surface area contributed by atoms with E-state index in [1.807, 2.05) is 36.5 Å². The highest BCUT2D eigenvalue weighted by atomic mass is 32.1. The summed E-state index contributed by atoms with van der Waals surface area (Å²) >= 11 is 1.42. The van der Waals surface area contributed by atoms with Gasteiger partial charge in [0.1, 0.15) is 6.04 Å². The van der Waals surface area contributed by atoms with Gasteiger partial charge in [0.25, 0.3) is 5.91 Å². The van der Waals surface area contributed by atoms with Gasteiger partial charge in [0, 0.05) is 30.6 Å². The molecule has 0 radical (unpaired) electrons. The van der Waals surface area contributed by atoms with Crippen LogP contribution in [-0.2, 0) is 21.4 Å². The highest BCUT2D eigenvalue weighted by Crippen LogP contribution is 2.39. The number of allylic oxidation sites excluding steroid dienone is 4. The van der Waals surface area contributed by atoms with E-state index in [9.17, 15) is 19.5 Å². The second-order valence-electron chi connectivity index (χ2n) is 14.7. The Morgan fingerprint density at radius 1 is 1.04 bits per heavy atom. The Kier molecular flexibility index (Phi) is 11.6. The molecule has 0 bridgehead atoms. The van der Waals surface area contributed by atoms with Gasteiger partial charge < -0.3 is 15.3 Å². The topological polar surface area (TPSA) is 99.1 Å². The molecule has 3 aliphatic rings. The number of likely N-dealkylation sites (tertiary alicyclic amines) is 1. The molecule has 256 valence electrons. The average Bonchev–Trinajstić information content (AvgIpc) is 3.57. The smallest absolute Gasteiger partial charge is 0.310 e. The first-order valence-corrected chi connectivity index (χ1v) is 18.4. The van der Waals surface area contributed by atoms with Crippen molar-refractivity contribution in [3.8, 4) is 0 Å². The zero-order valence-electron chi connectivity index (χ0n) is 29.0. The number of carbonyl (C=O) groups is 3. The van der Waals surface area contributed by atoms with Gasteiger partial charge in [0.15, 0.2) is 0 Å². The number of nitrogens with one attached hydrogen (secondary N) is 1.